The molecule has 0 spiro atoms. The number of aryl methyl sites for hydroxylation is 2. The molecule has 0 aromatic heterocycles. The minimum Gasteiger partial charge on any atom is -0.480 e. The van der Waals surface area contributed by atoms with Gasteiger partial charge in [0.2, 0.25) is 0 Å². The summed E-state index contributed by atoms with van der Waals surface area (Å²) in [7, 11) is -2.08. The van der Waals surface area contributed by atoms with E-state index in [9.17, 15) is 9.90 Å². The van der Waals surface area contributed by atoms with Gasteiger partial charge in [-0.05, 0) is 47.2 Å². The Hall–Kier alpha value is -2.30. The highest BCUT2D eigenvalue weighted by molar-refractivity contribution is 7.99. The van der Waals surface area contributed by atoms with Crippen molar-refractivity contribution in [2.75, 3.05) is 0 Å². The molecule has 1 heterocycles. The van der Waals surface area contributed by atoms with E-state index in [0.717, 1.165) is 33.8 Å². The highest BCUT2D eigenvalue weighted by Gasteiger charge is 2.51. The van der Waals surface area contributed by atoms with Crippen molar-refractivity contribution < 1.29 is 9.90 Å². The molecule has 31 heavy (non-hydrogen) atoms. The van der Waals surface area contributed by atoms with Gasteiger partial charge in [-0.25, -0.2) is 0 Å². The number of carboxylic acid groups (broad SMARTS) is 1. The molecule has 0 saturated heterocycles. The Kier molecular flexibility index (Phi) is 5.88. The number of hydrogen-bond donors (Lipinski definition) is 1. The van der Waals surface area contributed by atoms with Crippen LogP contribution in [0.5, 0.6) is 0 Å². The van der Waals surface area contributed by atoms with Gasteiger partial charge in [-0.3, -0.25) is 4.79 Å². The molecule has 3 aromatic carbocycles. The first kappa shape index (κ1) is 21.9. The highest BCUT2D eigenvalue weighted by atomic mass is 32.2. The van der Waals surface area contributed by atoms with E-state index < -0.39 is 19.5 Å². The van der Waals surface area contributed by atoms with Gasteiger partial charge in [-0.2, -0.15) is 0 Å². The minimum atomic E-state index is -2.08. The number of fused-ring (bicyclic) bond motifs is 2. The van der Waals surface area contributed by atoms with Gasteiger partial charge in [0.05, 0.1) is 8.07 Å². The Morgan fingerprint density at radius 2 is 1.61 bits per heavy atom. The van der Waals surface area contributed by atoms with Gasteiger partial charge < -0.3 is 5.11 Å². The molecular weight excluding hydrogens is 416 g/mol. The van der Waals surface area contributed by atoms with E-state index in [-0.39, 0.29) is 0 Å². The fraction of sp³-hybridized carbons (Fsp3) is 0.296. The topological polar surface area (TPSA) is 37.3 Å². The lowest BCUT2D eigenvalue weighted by atomic mass is 9.74. The summed E-state index contributed by atoms with van der Waals surface area (Å²) in [5.41, 5.74) is 3.40. The lowest BCUT2D eigenvalue weighted by Crippen LogP contribution is -2.52. The van der Waals surface area contributed by atoms with Crippen LogP contribution in [0.25, 0.3) is 0 Å². The zero-order valence-electron chi connectivity index (χ0n) is 18.7. The monoisotopic (exact) mass is 446 g/mol. The van der Waals surface area contributed by atoms with Crippen molar-refractivity contribution in [3.05, 3.63) is 89.0 Å². The van der Waals surface area contributed by atoms with Crippen molar-refractivity contribution in [1.82, 2.24) is 0 Å². The van der Waals surface area contributed by atoms with E-state index in [0.29, 0.717) is 6.04 Å². The molecule has 160 valence electrons. The van der Waals surface area contributed by atoms with Crippen molar-refractivity contribution in [3.63, 3.8) is 0 Å². The maximum absolute atomic E-state index is 13.3. The van der Waals surface area contributed by atoms with Crippen LogP contribution in [0, 0.1) is 0 Å². The van der Waals surface area contributed by atoms with Crippen LogP contribution in [0.2, 0.25) is 19.1 Å². The minimum absolute atomic E-state index is 0.639. The second-order valence-electron chi connectivity index (χ2n) is 9.07. The fourth-order valence-electron chi connectivity index (χ4n) is 4.97. The summed E-state index contributed by atoms with van der Waals surface area (Å²) in [4.78, 5) is 15.6. The number of carboxylic acids is 1. The van der Waals surface area contributed by atoms with Gasteiger partial charge in [0.1, 0.15) is 5.41 Å². The first-order valence-corrected chi connectivity index (χ1v) is 15.1. The molecule has 0 radical (unpaired) electrons. The Morgan fingerprint density at radius 1 is 0.935 bits per heavy atom. The third-order valence-electron chi connectivity index (χ3n) is 6.66. The first-order chi connectivity index (χ1) is 14.8. The average molecular weight is 447 g/mol. The fourth-order valence-corrected chi connectivity index (χ4v) is 9.53. The van der Waals surface area contributed by atoms with E-state index in [1.807, 2.05) is 24.3 Å². The summed E-state index contributed by atoms with van der Waals surface area (Å²) in [5, 5.41) is 12.2. The summed E-state index contributed by atoms with van der Waals surface area (Å²) >= 11 is 1.75. The molecule has 0 aliphatic carbocycles. The Morgan fingerprint density at radius 3 is 2.26 bits per heavy atom. The molecule has 3 aromatic rings. The zero-order chi connectivity index (χ0) is 22.2. The van der Waals surface area contributed by atoms with Gasteiger partial charge in [0.25, 0.3) is 0 Å². The molecule has 4 rings (SSSR count). The number of carbonyl (C=O) groups is 1. The summed E-state index contributed by atoms with van der Waals surface area (Å²) in [5.74, 6) is -0.728. The number of benzene rings is 3. The molecule has 1 aliphatic heterocycles. The average Bonchev–Trinajstić information content (AvgIpc) is 2.78. The largest absolute Gasteiger partial charge is 0.480 e. The van der Waals surface area contributed by atoms with Crippen molar-refractivity contribution in [3.8, 4) is 0 Å². The summed E-state index contributed by atoms with van der Waals surface area (Å²) in [6, 6.07) is 23.7. The lowest BCUT2D eigenvalue weighted by molar-refractivity contribution is -0.141. The third kappa shape index (κ3) is 3.66. The molecule has 2 nitrogen and oxygen atoms in total. The van der Waals surface area contributed by atoms with Crippen molar-refractivity contribution in [2.24, 2.45) is 0 Å². The SMILES string of the molecule is CCc1cc(CC)c2c(c1)C(C[Si](C)(C)c1ccccc1)(C(=O)O)c1ccccc1S2. The summed E-state index contributed by atoms with van der Waals surface area (Å²) in [6.45, 7) is 8.93. The van der Waals surface area contributed by atoms with Gasteiger partial charge in [-0.1, -0.05) is 105 Å². The van der Waals surface area contributed by atoms with E-state index >= 15 is 0 Å². The zero-order valence-corrected chi connectivity index (χ0v) is 20.6. The van der Waals surface area contributed by atoms with Crippen LogP contribution in [0.15, 0.2) is 76.5 Å². The molecule has 1 aliphatic rings. The van der Waals surface area contributed by atoms with E-state index in [1.165, 1.54) is 16.3 Å². The number of rotatable bonds is 6. The van der Waals surface area contributed by atoms with Crippen LogP contribution in [-0.4, -0.2) is 19.1 Å². The molecule has 4 heteroatoms. The predicted octanol–water partition coefficient (Wildman–Crippen LogP) is 6.26. The van der Waals surface area contributed by atoms with Crippen LogP contribution < -0.4 is 5.19 Å². The number of hydrogen-bond acceptors (Lipinski definition) is 2. The van der Waals surface area contributed by atoms with Crippen LogP contribution in [0.3, 0.4) is 0 Å². The van der Waals surface area contributed by atoms with Gasteiger partial charge in [0.15, 0.2) is 0 Å². The van der Waals surface area contributed by atoms with Crippen molar-refractivity contribution in [2.45, 2.75) is 61.0 Å². The summed E-state index contributed by atoms with van der Waals surface area (Å²) < 4.78 is 0. The van der Waals surface area contributed by atoms with Crippen LogP contribution in [0.4, 0.5) is 0 Å². The van der Waals surface area contributed by atoms with Gasteiger partial charge in [0, 0.05) is 9.79 Å². The van der Waals surface area contributed by atoms with E-state index in [4.69, 9.17) is 0 Å². The molecular formula is C27H30O2SSi. The second-order valence-corrected chi connectivity index (χ2v) is 14.8. The van der Waals surface area contributed by atoms with Crippen LogP contribution in [0.1, 0.15) is 36.1 Å². The smallest absolute Gasteiger partial charge is 0.318 e. The van der Waals surface area contributed by atoms with Crippen LogP contribution in [-0.2, 0) is 23.1 Å². The maximum Gasteiger partial charge on any atom is 0.318 e. The molecule has 1 unspecified atom stereocenters. The molecule has 1 atom stereocenters. The maximum atomic E-state index is 13.3. The normalized spacial score (nSPS) is 17.7. The molecule has 0 amide bonds. The molecule has 0 bridgehead atoms. The van der Waals surface area contributed by atoms with E-state index in [1.54, 1.807) is 11.8 Å². The van der Waals surface area contributed by atoms with Gasteiger partial charge >= 0.3 is 5.97 Å². The predicted molar refractivity (Wildman–Crippen MR) is 133 cm³/mol. The third-order valence-corrected chi connectivity index (χ3v) is 11.2. The highest BCUT2D eigenvalue weighted by Crippen LogP contribution is 2.54. The number of aliphatic carboxylic acids is 1. The van der Waals surface area contributed by atoms with E-state index in [2.05, 4.69) is 69.4 Å². The second kappa shape index (κ2) is 8.32. The lowest BCUT2D eigenvalue weighted by Gasteiger charge is -2.42. The Bertz CT molecular complexity index is 1120. The van der Waals surface area contributed by atoms with Gasteiger partial charge in [-0.15, -0.1) is 0 Å². The standard InChI is InChI=1S/C27H30O2SSi/c1-5-19-16-20(6-2)25-23(17-19)27(26(28)29,22-14-10-11-15-24(22)30-25)18-31(3,4)21-12-8-7-9-13-21/h7-17H,5-6,18H2,1-4H3,(H,28,29). The Labute approximate surface area is 190 Å². The van der Waals surface area contributed by atoms with Crippen molar-refractivity contribution >= 4 is 31.0 Å². The first-order valence-electron chi connectivity index (χ1n) is 11.1. The van der Waals surface area contributed by atoms with Crippen LogP contribution >= 0.6 is 11.8 Å². The summed E-state index contributed by atoms with van der Waals surface area (Å²) in [6.07, 6.45) is 1.81. The quantitative estimate of drug-likeness (QED) is 0.454. The molecule has 0 saturated carbocycles. The molecule has 0 fully saturated rings. The Balaban J connectivity index is 2.03. The van der Waals surface area contributed by atoms with Crippen molar-refractivity contribution in [1.29, 1.82) is 0 Å². The molecule has 1 N–H and O–H groups in total.